The molecule has 174 valence electrons. The molecule has 4 aromatic rings. The summed E-state index contributed by atoms with van der Waals surface area (Å²) in [6.07, 6.45) is 3.51. The Morgan fingerprint density at radius 2 is 2.03 bits per heavy atom. The first-order chi connectivity index (χ1) is 16.4. The quantitative estimate of drug-likeness (QED) is 0.450. The number of anilines is 2. The number of hydrogen-bond acceptors (Lipinski definition) is 8. The molecule has 0 unspecified atom stereocenters. The average molecular weight is 478 g/mol. The highest BCUT2D eigenvalue weighted by molar-refractivity contribution is 6.35. The average Bonchev–Trinajstić information content (AvgIpc) is 3.42. The number of aromatic nitrogens is 5. The Bertz CT molecular complexity index is 1390. The first-order valence-corrected chi connectivity index (χ1v) is 11.2. The highest BCUT2D eigenvalue weighted by atomic mass is 35.5. The van der Waals surface area contributed by atoms with Crippen LogP contribution in [0.4, 0.5) is 11.6 Å². The normalized spacial score (nSPS) is 14.7. The summed E-state index contributed by atoms with van der Waals surface area (Å²) in [6.45, 7) is 2.74. The number of nitrogens with zero attached hydrogens (tertiary/aromatic N) is 7. The number of amides is 1. The molecular weight excluding hydrogens is 454 g/mol. The molecule has 1 aromatic carbocycles. The van der Waals surface area contributed by atoms with Gasteiger partial charge in [0, 0.05) is 43.5 Å². The molecule has 1 aliphatic rings. The van der Waals surface area contributed by atoms with Crippen LogP contribution < -0.4 is 11.1 Å². The largest absolute Gasteiger partial charge is 0.381 e. The maximum Gasteiger partial charge on any atom is 0.239 e. The van der Waals surface area contributed by atoms with E-state index >= 15 is 0 Å². The van der Waals surface area contributed by atoms with Crippen LogP contribution in [0.15, 0.2) is 42.7 Å². The summed E-state index contributed by atoms with van der Waals surface area (Å²) in [6, 6.07) is 9.33. The Hall–Kier alpha value is -3.60. The van der Waals surface area contributed by atoms with Crippen molar-refractivity contribution in [1.29, 1.82) is 0 Å². The third kappa shape index (κ3) is 4.43. The van der Waals surface area contributed by atoms with Crippen LogP contribution >= 0.6 is 11.6 Å². The zero-order chi connectivity index (χ0) is 23.8. The molecule has 1 aliphatic heterocycles. The molecule has 0 radical (unpaired) electrons. The van der Waals surface area contributed by atoms with Crippen molar-refractivity contribution in [1.82, 2.24) is 34.5 Å². The van der Waals surface area contributed by atoms with Crippen LogP contribution in [0.25, 0.3) is 33.5 Å². The predicted octanol–water partition coefficient (Wildman–Crippen LogP) is 2.47. The van der Waals surface area contributed by atoms with Crippen LogP contribution in [-0.2, 0) is 11.8 Å². The summed E-state index contributed by atoms with van der Waals surface area (Å²) >= 11 is 6.54. The molecule has 34 heavy (non-hydrogen) atoms. The van der Waals surface area contributed by atoms with Gasteiger partial charge in [-0.25, -0.2) is 9.97 Å². The number of nitrogens with two attached hydrogens (primary N) is 1. The molecule has 0 atom stereocenters. The number of nitrogen functional groups attached to an aromatic ring is 1. The minimum Gasteiger partial charge on any atom is -0.381 e. The van der Waals surface area contributed by atoms with E-state index in [4.69, 9.17) is 22.3 Å². The van der Waals surface area contributed by atoms with E-state index in [9.17, 15) is 4.79 Å². The third-order valence-electron chi connectivity index (χ3n) is 5.68. The summed E-state index contributed by atoms with van der Waals surface area (Å²) in [4.78, 5) is 30.6. The van der Waals surface area contributed by atoms with Crippen molar-refractivity contribution in [2.24, 2.45) is 7.05 Å². The zero-order valence-electron chi connectivity index (χ0n) is 18.9. The van der Waals surface area contributed by atoms with Crippen molar-refractivity contribution >= 4 is 40.0 Å². The molecule has 5 rings (SSSR count). The lowest BCUT2D eigenvalue weighted by molar-refractivity contribution is -0.117. The highest BCUT2D eigenvalue weighted by Gasteiger charge is 2.22. The van der Waals surface area contributed by atoms with Gasteiger partial charge in [-0.15, -0.1) is 0 Å². The minimum absolute atomic E-state index is 0.116. The summed E-state index contributed by atoms with van der Waals surface area (Å²) in [5.74, 6) is 0.119. The lowest BCUT2D eigenvalue weighted by atomic mass is 10.0. The second kappa shape index (κ2) is 8.98. The Labute approximate surface area is 201 Å². The number of carbonyl (C=O) groups is 1. The van der Waals surface area contributed by atoms with Crippen LogP contribution in [0.1, 0.15) is 0 Å². The van der Waals surface area contributed by atoms with Crippen LogP contribution in [0, 0.1) is 0 Å². The standard InChI is InChI=1S/C23H24ClN9O/c1-31-8-9-33(13-31)12-18(34)27-23-22(25)28-21(17-5-7-32(2)30-17)20(29-23)15-10-14-4-3-6-26-19(14)16(24)11-15/h3-7,10-11H,8-9,12-13H2,1-2H3,(H2,25,28)(H,27,29,34). The Kier molecular flexibility index (Phi) is 5.86. The van der Waals surface area contributed by atoms with Crippen molar-refractivity contribution in [3.05, 3.63) is 47.7 Å². The van der Waals surface area contributed by atoms with Gasteiger partial charge in [0.05, 0.1) is 23.8 Å². The molecule has 1 fully saturated rings. The monoisotopic (exact) mass is 477 g/mol. The summed E-state index contributed by atoms with van der Waals surface area (Å²) < 4.78 is 1.68. The van der Waals surface area contributed by atoms with Gasteiger partial charge < -0.3 is 11.1 Å². The number of nitrogens with one attached hydrogen (secondary N) is 1. The molecule has 11 heteroatoms. The minimum atomic E-state index is -0.200. The summed E-state index contributed by atoms with van der Waals surface area (Å²) in [5, 5.41) is 8.65. The van der Waals surface area contributed by atoms with Crippen molar-refractivity contribution in [3.63, 3.8) is 0 Å². The van der Waals surface area contributed by atoms with Gasteiger partial charge in [0.25, 0.3) is 0 Å². The number of aryl methyl sites for hydroxylation is 1. The number of rotatable bonds is 5. The van der Waals surface area contributed by atoms with E-state index in [0.717, 1.165) is 30.7 Å². The maximum absolute atomic E-state index is 12.7. The molecular formula is C23H24ClN9O. The van der Waals surface area contributed by atoms with Crippen molar-refractivity contribution in [2.45, 2.75) is 0 Å². The van der Waals surface area contributed by atoms with E-state index in [1.54, 1.807) is 16.9 Å². The first-order valence-electron chi connectivity index (χ1n) is 10.8. The van der Waals surface area contributed by atoms with Gasteiger partial charge in [-0.1, -0.05) is 17.7 Å². The predicted molar refractivity (Wildman–Crippen MR) is 132 cm³/mol. The summed E-state index contributed by atoms with van der Waals surface area (Å²) in [5.41, 5.74) is 9.26. The fourth-order valence-corrected chi connectivity index (χ4v) is 4.32. The second-order valence-electron chi connectivity index (χ2n) is 8.38. The van der Waals surface area contributed by atoms with E-state index in [2.05, 4.69) is 30.2 Å². The number of pyridine rings is 1. The van der Waals surface area contributed by atoms with Crippen molar-refractivity contribution < 1.29 is 4.79 Å². The Morgan fingerprint density at radius 3 is 2.76 bits per heavy atom. The molecule has 1 saturated heterocycles. The van der Waals surface area contributed by atoms with Crippen LogP contribution in [0.3, 0.4) is 0 Å². The van der Waals surface area contributed by atoms with Gasteiger partial charge in [-0.2, -0.15) is 5.10 Å². The molecule has 10 nitrogen and oxygen atoms in total. The van der Waals surface area contributed by atoms with E-state index in [-0.39, 0.29) is 24.1 Å². The zero-order valence-corrected chi connectivity index (χ0v) is 19.6. The number of likely N-dealkylation sites (N-methyl/N-ethyl adjacent to an activating group) is 1. The number of fused-ring (bicyclic) bond motifs is 1. The SMILES string of the molecule is CN1CCN(CC(=O)Nc2nc(-c3cc(Cl)c4ncccc4c3)c(-c3ccn(C)n3)nc2N)C1. The van der Waals surface area contributed by atoms with Gasteiger partial charge in [0.15, 0.2) is 11.6 Å². The Morgan fingerprint density at radius 1 is 1.18 bits per heavy atom. The van der Waals surface area contributed by atoms with Gasteiger partial charge in [0.1, 0.15) is 17.1 Å². The molecule has 3 aromatic heterocycles. The molecule has 0 spiro atoms. The summed E-state index contributed by atoms with van der Waals surface area (Å²) in [7, 11) is 3.84. The smallest absolute Gasteiger partial charge is 0.239 e. The second-order valence-corrected chi connectivity index (χ2v) is 8.79. The lowest BCUT2D eigenvalue weighted by Crippen LogP contribution is -2.33. The van der Waals surface area contributed by atoms with Crippen LogP contribution in [0.5, 0.6) is 0 Å². The van der Waals surface area contributed by atoms with Crippen LogP contribution in [0.2, 0.25) is 5.02 Å². The number of carbonyl (C=O) groups excluding carboxylic acids is 1. The molecule has 0 saturated carbocycles. The topological polar surface area (TPSA) is 118 Å². The molecule has 0 bridgehead atoms. The molecule has 4 heterocycles. The number of hydrogen-bond donors (Lipinski definition) is 2. The van der Waals surface area contributed by atoms with E-state index < -0.39 is 0 Å². The van der Waals surface area contributed by atoms with Gasteiger partial charge in [-0.05, 0) is 31.3 Å². The first kappa shape index (κ1) is 22.2. The molecule has 3 N–H and O–H groups in total. The highest BCUT2D eigenvalue weighted by Crippen LogP contribution is 2.35. The van der Waals surface area contributed by atoms with Crippen molar-refractivity contribution in [3.8, 4) is 22.6 Å². The molecule has 1 amide bonds. The van der Waals surface area contributed by atoms with Gasteiger partial charge in [0.2, 0.25) is 5.91 Å². The van der Waals surface area contributed by atoms with E-state index in [1.165, 1.54) is 0 Å². The van der Waals surface area contributed by atoms with Crippen molar-refractivity contribution in [2.75, 3.05) is 44.4 Å². The maximum atomic E-state index is 12.7. The molecule has 0 aliphatic carbocycles. The van der Waals surface area contributed by atoms with Gasteiger partial charge >= 0.3 is 0 Å². The Balaban J connectivity index is 1.56. The third-order valence-corrected chi connectivity index (χ3v) is 5.96. The number of benzene rings is 1. The lowest BCUT2D eigenvalue weighted by Gasteiger charge is -2.16. The van der Waals surface area contributed by atoms with E-state index in [1.807, 2.05) is 44.6 Å². The van der Waals surface area contributed by atoms with E-state index in [0.29, 0.717) is 27.6 Å². The van der Waals surface area contributed by atoms with Gasteiger partial charge in [-0.3, -0.25) is 24.3 Å². The number of halogens is 1. The van der Waals surface area contributed by atoms with Crippen LogP contribution in [-0.4, -0.2) is 73.8 Å². The fourth-order valence-electron chi connectivity index (χ4n) is 4.04. The fraction of sp³-hybridized carbons (Fsp3) is 0.261.